The second kappa shape index (κ2) is 4.23. The third kappa shape index (κ3) is 1.74. The number of hydrogen-bond donors (Lipinski definition) is 1. The van der Waals surface area contributed by atoms with Gasteiger partial charge < -0.3 is 10.5 Å². The molecule has 15 heavy (non-hydrogen) atoms. The molecule has 2 N–H and O–H groups in total. The van der Waals surface area contributed by atoms with Gasteiger partial charge in [0.05, 0.1) is 7.11 Å². The number of hydrogen-bond acceptors (Lipinski definition) is 2. The normalized spacial score (nSPS) is 14.9. The summed E-state index contributed by atoms with van der Waals surface area (Å²) in [4.78, 5) is 0. The minimum atomic E-state index is 0.572. The summed E-state index contributed by atoms with van der Waals surface area (Å²) in [7, 11) is 1.73. The van der Waals surface area contributed by atoms with Crippen molar-refractivity contribution in [2.45, 2.75) is 39.2 Å². The molecule has 0 heterocycles. The van der Waals surface area contributed by atoms with Gasteiger partial charge in [-0.3, -0.25) is 0 Å². The number of fused-ring (bicyclic) bond motifs is 1. The van der Waals surface area contributed by atoms with Gasteiger partial charge in [0.25, 0.3) is 0 Å². The molecule has 1 aromatic rings. The Bertz CT molecular complexity index is 357. The van der Waals surface area contributed by atoms with E-state index in [1.165, 1.54) is 47.9 Å². The van der Waals surface area contributed by atoms with Crippen LogP contribution < -0.4 is 10.5 Å². The number of benzene rings is 1. The van der Waals surface area contributed by atoms with Crippen LogP contribution >= 0.6 is 0 Å². The lowest BCUT2D eigenvalue weighted by molar-refractivity contribution is 0.408. The van der Waals surface area contributed by atoms with E-state index in [9.17, 15) is 0 Å². The van der Waals surface area contributed by atoms with Gasteiger partial charge in [0.2, 0.25) is 0 Å². The quantitative estimate of drug-likeness (QED) is 0.804. The number of rotatable bonds is 2. The van der Waals surface area contributed by atoms with Gasteiger partial charge in [-0.1, -0.05) is 0 Å². The molecule has 1 aliphatic carbocycles. The first-order chi connectivity index (χ1) is 7.27. The number of aryl methyl sites for hydroxylation is 1. The zero-order valence-corrected chi connectivity index (χ0v) is 9.60. The summed E-state index contributed by atoms with van der Waals surface area (Å²) in [5, 5.41) is 0. The van der Waals surface area contributed by atoms with Crippen LogP contribution in [0.1, 0.15) is 35.1 Å². The predicted octanol–water partition coefficient (Wildman–Crippen LogP) is 2.34. The first-order valence-electron chi connectivity index (χ1n) is 5.66. The molecule has 0 spiro atoms. The molecule has 2 nitrogen and oxygen atoms in total. The first-order valence-corrected chi connectivity index (χ1v) is 5.66. The van der Waals surface area contributed by atoms with Crippen molar-refractivity contribution in [1.82, 2.24) is 0 Å². The van der Waals surface area contributed by atoms with E-state index in [0.717, 1.165) is 5.75 Å². The Kier molecular flexibility index (Phi) is 2.96. The van der Waals surface area contributed by atoms with Crippen LogP contribution in [0.25, 0.3) is 0 Å². The average Bonchev–Trinajstić information content (AvgIpc) is 2.29. The maximum Gasteiger partial charge on any atom is 0.123 e. The Morgan fingerprint density at radius 3 is 2.73 bits per heavy atom. The molecule has 0 fully saturated rings. The third-order valence-corrected chi connectivity index (χ3v) is 3.44. The van der Waals surface area contributed by atoms with Crippen LogP contribution in [0.4, 0.5) is 0 Å². The van der Waals surface area contributed by atoms with Gasteiger partial charge in [-0.2, -0.15) is 0 Å². The molecule has 0 atom stereocenters. The molecule has 1 aromatic carbocycles. The second-order valence-electron chi connectivity index (χ2n) is 4.23. The summed E-state index contributed by atoms with van der Waals surface area (Å²) < 4.78 is 5.40. The van der Waals surface area contributed by atoms with E-state index in [2.05, 4.69) is 13.0 Å². The fourth-order valence-corrected chi connectivity index (χ4v) is 2.56. The zero-order chi connectivity index (χ0) is 10.8. The Morgan fingerprint density at radius 2 is 2.07 bits per heavy atom. The monoisotopic (exact) mass is 205 g/mol. The number of ether oxygens (including phenoxy) is 1. The van der Waals surface area contributed by atoms with Crippen LogP contribution in [-0.4, -0.2) is 7.11 Å². The van der Waals surface area contributed by atoms with Crippen molar-refractivity contribution in [3.63, 3.8) is 0 Å². The highest BCUT2D eigenvalue weighted by molar-refractivity contribution is 5.50. The fourth-order valence-electron chi connectivity index (χ4n) is 2.56. The Hall–Kier alpha value is -1.02. The summed E-state index contributed by atoms with van der Waals surface area (Å²) in [5.74, 6) is 0.968. The van der Waals surface area contributed by atoms with Crippen LogP contribution in [0.2, 0.25) is 0 Å². The molecule has 82 valence electrons. The van der Waals surface area contributed by atoms with Crippen molar-refractivity contribution in [1.29, 1.82) is 0 Å². The molecule has 0 unspecified atom stereocenters. The van der Waals surface area contributed by atoms with Crippen LogP contribution in [-0.2, 0) is 19.4 Å². The Balaban J connectivity index is 2.57. The van der Waals surface area contributed by atoms with Gasteiger partial charge in [-0.15, -0.1) is 0 Å². The first kappa shape index (κ1) is 10.5. The predicted molar refractivity (Wildman–Crippen MR) is 62.3 cm³/mol. The third-order valence-electron chi connectivity index (χ3n) is 3.44. The molecule has 0 aliphatic heterocycles. The SMILES string of the molecule is COc1cc2c(c(C)c1CN)CCCC2. The van der Waals surface area contributed by atoms with Gasteiger partial charge in [0.1, 0.15) is 5.75 Å². The lowest BCUT2D eigenvalue weighted by Crippen LogP contribution is -2.11. The second-order valence-corrected chi connectivity index (χ2v) is 4.23. The summed E-state index contributed by atoms with van der Waals surface area (Å²) in [6, 6.07) is 2.18. The molecule has 0 bridgehead atoms. The van der Waals surface area contributed by atoms with Gasteiger partial charge in [-0.25, -0.2) is 0 Å². The van der Waals surface area contributed by atoms with E-state index in [0.29, 0.717) is 6.54 Å². The molecule has 0 saturated heterocycles. The van der Waals surface area contributed by atoms with Crippen molar-refractivity contribution in [3.05, 3.63) is 28.3 Å². The molecule has 0 amide bonds. The van der Waals surface area contributed by atoms with E-state index in [1.807, 2.05) is 0 Å². The lowest BCUT2D eigenvalue weighted by Gasteiger charge is -2.22. The fraction of sp³-hybridized carbons (Fsp3) is 0.538. The number of nitrogens with two attached hydrogens (primary N) is 1. The molecular formula is C13H19NO. The molecule has 2 rings (SSSR count). The Morgan fingerprint density at radius 1 is 1.33 bits per heavy atom. The van der Waals surface area contributed by atoms with Gasteiger partial charge >= 0.3 is 0 Å². The highest BCUT2D eigenvalue weighted by Crippen LogP contribution is 2.32. The zero-order valence-electron chi connectivity index (χ0n) is 9.60. The molecule has 0 aromatic heterocycles. The van der Waals surface area contributed by atoms with E-state index in [-0.39, 0.29) is 0 Å². The van der Waals surface area contributed by atoms with Gasteiger partial charge in [-0.05, 0) is 55.4 Å². The molecule has 1 aliphatic rings. The van der Waals surface area contributed by atoms with Crippen molar-refractivity contribution in [3.8, 4) is 5.75 Å². The Labute approximate surface area is 91.4 Å². The van der Waals surface area contributed by atoms with Gasteiger partial charge in [0, 0.05) is 12.1 Å². The van der Waals surface area contributed by atoms with Crippen molar-refractivity contribution < 1.29 is 4.74 Å². The highest BCUT2D eigenvalue weighted by Gasteiger charge is 2.17. The molecular weight excluding hydrogens is 186 g/mol. The van der Waals surface area contributed by atoms with Crippen molar-refractivity contribution in [2.24, 2.45) is 5.73 Å². The minimum Gasteiger partial charge on any atom is -0.496 e. The van der Waals surface area contributed by atoms with E-state index in [4.69, 9.17) is 10.5 Å². The standard InChI is InChI=1S/C13H19NO/c1-9-11-6-4-3-5-10(11)7-13(15-2)12(9)8-14/h7H,3-6,8,14H2,1-2H3. The van der Waals surface area contributed by atoms with E-state index in [1.54, 1.807) is 7.11 Å². The molecule has 0 radical (unpaired) electrons. The van der Waals surface area contributed by atoms with Crippen LogP contribution in [0, 0.1) is 6.92 Å². The van der Waals surface area contributed by atoms with E-state index >= 15 is 0 Å². The largest absolute Gasteiger partial charge is 0.496 e. The molecule has 0 saturated carbocycles. The minimum absolute atomic E-state index is 0.572. The summed E-state index contributed by atoms with van der Waals surface area (Å²) in [5.41, 5.74) is 11.3. The van der Waals surface area contributed by atoms with Crippen molar-refractivity contribution >= 4 is 0 Å². The lowest BCUT2D eigenvalue weighted by atomic mass is 9.86. The maximum atomic E-state index is 5.78. The van der Waals surface area contributed by atoms with Crippen LogP contribution in [0.15, 0.2) is 6.07 Å². The van der Waals surface area contributed by atoms with Gasteiger partial charge in [0.15, 0.2) is 0 Å². The number of methoxy groups -OCH3 is 1. The summed E-state index contributed by atoms with van der Waals surface area (Å²) >= 11 is 0. The smallest absolute Gasteiger partial charge is 0.123 e. The van der Waals surface area contributed by atoms with Crippen LogP contribution in [0.5, 0.6) is 5.75 Å². The van der Waals surface area contributed by atoms with Crippen LogP contribution in [0.3, 0.4) is 0 Å². The highest BCUT2D eigenvalue weighted by atomic mass is 16.5. The maximum absolute atomic E-state index is 5.78. The average molecular weight is 205 g/mol. The van der Waals surface area contributed by atoms with Crippen molar-refractivity contribution in [2.75, 3.05) is 7.11 Å². The summed E-state index contributed by atoms with van der Waals surface area (Å²) in [6.45, 7) is 2.75. The molecule has 2 heteroatoms. The summed E-state index contributed by atoms with van der Waals surface area (Å²) in [6.07, 6.45) is 5.01. The topological polar surface area (TPSA) is 35.2 Å². The van der Waals surface area contributed by atoms with E-state index < -0.39 is 0 Å².